The Balaban J connectivity index is 2.71. The van der Waals surface area contributed by atoms with Gasteiger partial charge in [0.2, 0.25) is 0 Å². The molecule has 0 spiro atoms. The second-order valence-corrected chi connectivity index (χ2v) is 2.75. The molecular weight excluding hydrogens is 206 g/mol. The van der Waals surface area contributed by atoms with Crippen molar-refractivity contribution < 1.29 is 0 Å². The molecule has 0 atom stereocenters. The molecule has 0 aliphatic rings. The molecule has 0 fully saturated rings. The van der Waals surface area contributed by atoms with Gasteiger partial charge in [0.15, 0.2) is 0 Å². The molecule has 1 aromatic heterocycles. The molecule has 56 valence electrons. The van der Waals surface area contributed by atoms with Crippen molar-refractivity contribution in [3.8, 4) is 6.07 Å². The van der Waals surface area contributed by atoms with E-state index in [1.165, 1.54) is 6.33 Å². The van der Waals surface area contributed by atoms with Gasteiger partial charge in [0, 0.05) is 18.2 Å². The smallest absolute Gasteiger partial charge is 0.116 e. The molecule has 4 heteroatoms. The first-order chi connectivity index (χ1) is 5.34. The third-order valence-electron chi connectivity index (χ3n) is 1.24. The van der Waals surface area contributed by atoms with Crippen LogP contribution < -0.4 is 0 Å². The summed E-state index contributed by atoms with van der Waals surface area (Å²) in [6, 6.07) is 2.07. The lowest BCUT2D eigenvalue weighted by Crippen LogP contribution is -1.89. The average Bonchev–Trinajstić information content (AvgIpc) is 2.03. The summed E-state index contributed by atoms with van der Waals surface area (Å²) < 4.78 is 0.780. The molecule has 0 aromatic carbocycles. The van der Waals surface area contributed by atoms with Gasteiger partial charge < -0.3 is 0 Å². The highest BCUT2D eigenvalue weighted by Crippen LogP contribution is 2.12. The van der Waals surface area contributed by atoms with Gasteiger partial charge in [0.1, 0.15) is 10.9 Å². The molecule has 0 aliphatic carbocycles. The number of rotatable bonds is 2. The Bertz CT molecular complexity index is 279. The molecule has 0 saturated carbocycles. The molecular formula is C7H6BrN3. The van der Waals surface area contributed by atoms with Gasteiger partial charge in [-0.15, -0.1) is 0 Å². The molecule has 1 aromatic rings. The Labute approximate surface area is 73.2 Å². The van der Waals surface area contributed by atoms with Crippen molar-refractivity contribution in [1.82, 2.24) is 9.97 Å². The van der Waals surface area contributed by atoms with E-state index < -0.39 is 0 Å². The van der Waals surface area contributed by atoms with E-state index in [2.05, 4.69) is 32.0 Å². The van der Waals surface area contributed by atoms with Crippen molar-refractivity contribution in [2.75, 3.05) is 0 Å². The number of hydrogen-bond acceptors (Lipinski definition) is 3. The summed E-state index contributed by atoms with van der Waals surface area (Å²) in [6.45, 7) is 0. The van der Waals surface area contributed by atoms with Crippen LogP contribution in [0.15, 0.2) is 17.1 Å². The summed E-state index contributed by atoms with van der Waals surface area (Å²) in [7, 11) is 0. The fourth-order valence-corrected chi connectivity index (χ4v) is 1.09. The molecule has 0 amide bonds. The van der Waals surface area contributed by atoms with Crippen LogP contribution in [0, 0.1) is 11.3 Å². The summed E-state index contributed by atoms with van der Waals surface area (Å²) in [4.78, 5) is 7.78. The van der Waals surface area contributed by atoms with Gasteiger partial charge in [-0.05, 0) is 22.4 Å². The predicted octanol–water partition coefficient (Wildman–Crippen LogP) is 1.70. The Morgan fingerprint density at radius 1 is 1.64 bits per heavy atom. The SMILES string of the molecule is N#CCCc1cncnc1Br. The van der Waals surface area contributed by atoms with Crippen LogP contribution in [0.5, 0.6) is 0 Å². The largest absolute Gasteiger partial charge is 0.244 e. The van der Waals surface area contributed by atoms with E-state index in [-0.39, 0.29) is 0 Å². The third kappa shape index (κ3) is 2.28. The van der Waals surface area contributed by atoms with Gasteiger partial charge in [-0.2, -0.15) is 5.26 Å². The minimum absolute atomic E-state index is 0.506. The molecule has 3 nitrogen and oxygen atoms in total. The van der Waals surface area contributed by atoms with Gasteiger partial charge in [-0.1, -0.05) is 0 Å². The normalized spacial score (nSPS) is 9.09. The molecule has 0 unspecified atom stereocenters. The molecule has 11 heavy (non-hydrogen) atoms. The van der Waals surface area contributed by atoms with E-state index >= 15 is 0 Å². The fourth-order valence-electron chi connectivity index (χ4n) is 0.702. The maximum absolute atomic E-state index is 8.31. The average molecular weight is 212 g/mol. The van der Waals surface area contributed by atoms with Crippen LogP contribution >= 0.6 is 15.9 Å². The second-order valence-electron chi connectivity index (χ2n) is 2.00. The number of aryl methyl sites for hydroxylation is 1. The van der Waals surface area contributed by atoms with E-state index in [9.17, 15) is 0 Å². The maximum atomic E-state index is 8.31. The van der Waals surface area contributed by atoms with Crippen molar-refractivity contribution in [2.45, 2.75) is 12.8 Å². The van der Waals surface area contributed by atoms with Crippen molar-refractivity contribution >= 4 is 15.9 Å². The van der Waals surface area contributed by atoms with Gasteiger partial charge in [-0.25, -0.2) is 9.97 Å². The number of halogens is 1. The van der Waals surface area contributed by atoms with Crippen LogP contribution in [0.2, 0.25) is 0 Å². The van der Waals surface area contributed by atoms with Crippen LogP contribution in [-0.2, 0) is 6.42 Å². The number of hydrogen-bond donors (Lipinski definition) is 0. The minimum Gasteiger partial charge on any atom is -0.244 e. The Kier molecular flexibility index (Phi) is 2.99. The van der Waals surface area contributed by atoms with E-state index in [1.54, 1.807) is 6.20 Å². The monoisotopic (exact) mass is 211 g/mol. The maximum Gasteiger partial charge on any atom is 0.116 e. The van der Waals surface area contributed by atoms with Crippen molar-refractivity contribution in [3.05, 3.63) is 22.7 Å². The quantitative estimate of drug-likeness (QED) is 0.701. The summed E-state index contributed by atoms with van der Waals surface area (Å²) in [5.41, 5.74) is 0.981. The van der Waals surface area contributed by atoms with Crippen molar-refractivity contribution in [3.63, 3.8) is 0 Å². The van der Waals surface area contributed by atoms with Crippen LogP contribution in [0.4, 0.5) is 0 Å². The summed E-state index contributed by atoms with van der Waals surface area (Å²) in [6.07, 6.45) is 4.40. The molecule has 0 N–H and O–H groups in total. The molecule has 0 saturated heterocycles. The Morgan fingerprint density at radius 2 is 2.45 bits per heavy atom. The van der Waals surface area contributed by atoms with Crippen molar-refractivity contribution in [2.24, 2.45) is 0 Å². The lowest BCUT2D eigenvalue weighted by atomic mass is 10.2. The van der Waals surface area contributed by atoms with E-state index in [0.717, 1.165) is 10.2 Å². The predicted molar refractivity (Wildman–Crippen MR) is 43.7 cm³/mol. The van der Waals surface area contributed by atoms with Crippen LogP contribution in [-0.4, -0.2) is 9.97 Å². The minimum atomic E-state index is 0.506. The topological polar surface area (TPSA) is 49.6 Å². The van der Waals surface area contributed by atoms with Gasteiger partial charge in [0.25, 0.3) is 0 Å². The third-order valence-corrected chi connectivity index (χ3v) is 1.95. The summed E-state index contributed by atoms with van der Waals surface area (Å²) in [5.74, 6) is 0. The van der Waals surface area contributed by atoms with Gasteiger partial charge >= 0.3 is 0 Å². The standard InChI is InChI=1S/C7H6BrN3/c8-7-6(2-1-3-9)4-10-5-11-7/h4-5H,1-2H2. The summed E-state index contributed by atoms with van der Waals surface area (Å²) in [5, 5.41) is 8.31. The zero-order valence-corrected chi connectivity index (χ0v) is 7.37. The second kappa shape index (κ2) is 4.04. The Morgan fingerprint density at radius 3 is 3.09 bits per heavy atom. The van der Waals surface area contributed by atoms with Gasteiger partial charge in [-0.3, -0.25) is 0 Å². The first-order valence-electron chi connectivity index (χ1n) is 3.16. The first-order valence-corrected chi connectivity index (χ1v) is 3.95. The zero-order chi connectivity index (χ0) is 8.10. The fraction of sp³-hybridized carbons (Fsp3) is 0.286. The summed E-state index contributed by atoms with van der Waals surface area (Å²) >= 11 is 3.27. The molecule has 0 bridgehead atoms. The van der Waals surface area contributed by atoms with E-state index in [4.69, 9.17) is 5.26 Å². The highest BCUT2D eigenvalue weighted by molar-refractivity contribution is 9.10. The van der Waals surface area contributed by atoms with E-state index in [1.807, 2.05) is 0 Å². The lowest BCUT2D eigenvalue weighted by molar-refractivity contribution is 0.955. The van der Waals surface area contributed by atoms with Crippen molar-refractivity contribution in [1.29, 1.82) is 5.26 Å². The number of nitrogens with zero attached hydrogens (tertiary/aromatic N) is 3. The van der Waals surface area contributed by atoms with Gasteiger partial charge in [0.05, 0.1) is 6.07 Å². The molecule has 0 radical (unpaired) electrons. The molecule has 0 aliphatic heterocycles. The Hall–Kier alpha value is -0.950. The molecule has 1 rings (SSSR count). The van der Waals surface area contributed by atoms with Crippen LogP contribution in [0.1, 0.15) is 12.0 Å². The number of aromatic nitrogens is 2. The van der Waals surface area contributed by atoms with Crippen LogP contribution in [0.25, 0.3) is 0 Å². The van der Waals surface area contributed by atoms with E-state index in [0.29, 0.717) is 12.8 Å². The zero-order valence-electron chi connectivity index (χ0n) is 5.79. The van der Waals surface area contributed by atoms with Crippen LogP contribution in [0.3, 0.4) is 0 Å². The first kappa shape index (κ1) is 8.15. The highest BCUT2D eigenvalue weighted by Gasteiger charge is 1.98. The lowest BCUT2D eigenvalue weighted by Gasteiger charge is -1.96. The number of nitriles is 1. The molecule has 1 heterocycles. The highest BCUT2D eigenvalue weighted by atomic mass is 79.9.